The van der Waals surface area contributed by atoms with Crippen molar-refractivity contribution in [2.24, 2.45) is 0 Å². The monoisotopic (exact) mass is 852 g/mol. The standard InChI is InChI=1S/C66H16OSi/c1-6(2)67-68(3,4)5-66-63-59-53-39-31-23-11-8-7-9-12(11)24-26-22-16(9)18-14-10(7)13-17-15(8)21-25(23)37(39)45-43-29(21)27(17)35-33-19(13)20(14)34-36-28(18)30(22)44-46-38(26)40(32(24)31)54(53)60(63)56(46)58-50(44)48(36)52-42(34)41(33)51-47(35)49(43)57(55(45)59)64(66)61(51)62(52)65(58)66/h6,63H,5H2,1-4H3. The van der Waals surface area contributed by atoms with E-state index in [1.54, 1.807) is 313 Å². The molecule has 0 unspecified atom stereocenters. The molecule has 0 atom stereocenters. The van der Waals surface area contributed by atoms with Gasteiger partial charge in [0.25, 0.3) is 0 Å². The molecule has 0 N–H and O–H groups in total. The highest BCUT2D eigenvalue weighted by Gasteiger charge is 2.64. The third kappa shape index (κ3) is 1.43. The highest BCUT2D eigenvalue weighted by atomic mass is 28.4. The first-order valence-corrected chi connectivity index (χ1v) is 29.0. The van der Waals surface area contributed by atoms with Gasteiger partial charge >= 0.3 is 0 Å². The summed E-state index contributed by atoms with van der Waals surface area (Å²) in [5.74, 6) is 0.302. The summed E-state index contributed by atoms with van der Waals surface area (Å²) in [6.45, 7) is 9.89. The summed E-state index contributed by atoms with van der Waals surface area (Å²) in [6, 6.07) is 1.14. The molecule has 0 spiro atoms. The van der Waals surface area contributed by atoms with Crippen LogP contribution in [0.25, 0.3) is 291 Å². The second-order valence-electron chi connectivity index (χ2n) is 26.3. The number of rotatable bonds is 4. The number of hydrogen-bond donors (Lipinski definition) is 0. The van der Waals surface area contributed by atoms with Gasteiger partial charge in [0.1, 0.15) is 0 Å². The van der Waals surface area contributed by atoms with Crippen molar-refractivity contribution < 1.29 is 4.43 Å². The third-order valence-corrected chi connectivity index (χ3v) is 27.1. The van der Waals surface area contributed by atoms with Gasteiger partial charge < -0.3 is 4.43 Å². The van der Waals surface area contributed by atoms with Gasteiger partial charge in [-0.2, -0.15) is 0 Å². The van der Waals surface area contributed by atoms with Gasteiger partial charge in [0.2, 0.25) is 0 Å². The predicted octanol–water partition coefficient (Wildman–Crippen LogP) is 18.8. The van der Waals surface area contributed by atoms with Gasteiger partial charge in [-0.25, -0.2) is 0 Å². The summed E-state index contributed by atoms with van der Waals surface area (Å²) >= 11 is 0. The summed E-state index contributed by atoms with van der Waals surface area (Å²) in [6.07, 6.45) is 0.210. The zero-order valence-corrected chi connectivity index (χ0v) is 37.3. The van der Waals surface area contributed by atoms with Crippen LogP contribution in [0.15, 0.2) is 0 Å². The molecule has 28 aromatic rings. The molecule has 0 aromatic heterocycles. The Morgan fingerprint density at radius 3 is 0.647 bits per heavy atom. The molecule has 0 amide bonds. The van der Waals surface area contributed by atoms with Crippen LogP contribution in [0.2, 0.25) is 19.1 Å². The van der Waals surface area contributed by atoms with E-state index in [0.717, 1.165) is 6.04 Å². The Morgan fingerprint density at radius 1 is 0.279 bits per heavy atom. The Balaban J connectivity index is 1.20. The fourth-order valence-corrected chi connectivity index (χ4v) is 28.2. The van der Waals surface area contributed by atoms with Gasteiger partial charge in [0.15, 0.2) is 8.32 Å². The quantitative estimate of drug-likeness (QED) is 0.127. The molecule has 0 aliphatic heterocycles. The average Bonchev–Trinajstić information content (AvgIpc) is 4.26. The zero-order valence-electron chi connectivity index (χ0n) is 36.3. The van der Waals surface area contributed by atoms with Crippen LogP contribution in [0.3, 0.4) is 0 Å². The van der Waals surface area contributed by atoms with Crippen LogP contribution in [0.5, 0.6) is 0 Å². The van der Waals surface area contributed by atoms with Crippen molar-refractivity contribution in [2.45, 2.75) is 50.4 Å². The molecule has 4 aliphatic rings. The molecule has 2 heteroatoms. The largest absolute Gasteiger partial charge is 0.415 e. The van der Waals surface area contributed by atoms with Crippen LogP contribution in [0, 0.1) is 0 Å². The van der Waals surface area contributed by atoms with Crippen molar-refractivity contribution in [3.8, 4) is 0 Å². The van der Waals surface area contributed by atoms with E-state index in [2.05, 4.69) is 26.9 Å². The maximum atomic E-state index is 7.48. The van der Waals surface area contributed by atoms with Crippen LogP contribution in [0.1, 0.15) is 42.0 Å². The maximum Gasteiger partial charge on any atom is 0.188 e. The average molecular weight is 853 g/mol. The Kier molecular flexibility index (Phi) is 2.27. The van der Waals surface area contributed by atoms with E-state index >= 15 is 0 Å². The summed E-state index contributed by atoms with van der Waals surface area (Å²) in [5, 5.41) is 90.7. The lowest BCUT2D eigenvalue weighted by Crippen LogP contribution is -2.46. The lowest BCUT2D eigenvalue weighted by atomic mass is 9.58. The molecule has 28 aromatic carbocycles. The van der Waals surface area contributed by atoms with Crippen LogP contribution < -0.4 is 0 Å². The summed E-state index contributed by atoms with van der Waals surface area (Å²) in [4.78, 5) is 0. The van der Waals surface area contributed by atoms with E-state index < -0.39 is 8.32 Å². The topological polar surface area (TPSA) is 9.23 Å². The minimum atomic E-state index is -2.35. The molecule has 0 radical (unpaired) electrons. The van der Waals surface area contributed by atoms with Gasteiger partial charge in [-0.15, -0.1) is 0 Å². The van der Waals surface area contributed by atoms with Crippen LogP contribution in [-0.2, 0) is 9.84 Å². The van der Waals surface area contributed by atoms with Crippen molar-refractivity contribution >= 4 is 299 Å². The Bertz CT molecular complexity index is 6840. The SMILES string of the molecule is CC(C)O[Si](C)(C)CC12c3c4c5c6c7c8c(c9c%10c1c1c3c3c%11c4c4c5c5c7c7c%12c8c8c9c9c%10c%10c1c1c3c3c%11c%11c4c4c5c7c5c7c%12c8c8c9c9c%10c1c1c3c3c%11c4c5c4c7c8c9c1c34)C62. The van der Waals surface area contributed by atoms with E-state index in [9.17, 15) is 0 Å². The number of hydrogen-bond acceptors (Lipinski definition) is 1. The van der Waals surface area contributed by atoms with Crippen molar-refractivity contribution in [1.29, 1.82) is 0 Å². The van der Waals surface area contributed by atoms with Gasteiger partial charge in [-0.1, -0.05) is 0 Å². The fraction of sp³-hybridized carbons (Fsp3) is 0.121. The van der Waals surface area contributed by atoms with Gasteiger partial charge in [0, 0.05) is 17.4 Å². The molecule has 0 heterocycles. The first-order chi connectivity index (χ1) is 33.5. The highest BCUT2D eigenvalue weighted by molar-refractivity contribution is 6.82. The third-order valence-electron chi connectivity index (χ3n) is 24.5. The van der Waals surface area contributed by atoms with Crippen LogP contribution in [-0.4, -0.2) is 14.4 Å². The summed E-state index contributed by atoms with van der Waals surface area (Å²) < 4.78 is 7.48. The Morgan fingerprint density at radius 2 is 0.441 bits per heavy atom. The van der Waals surface area contributed by atoms with E-state index in [-0.39, 0.29) is 11.5 Å². The molecule has 1 nitrogen and oxygen atoms in total. The van der Waals surface area contributed by atoms with E-state index in [1.165, 1.54) is 0 Å². The van der Waals surface area contributed by atoms with E-state index in [0.29, 0.717) is 5.92 Å². The molecule has 68 heavy (non-hydrogen) atoms. The molecule has 290 valence electrons. The minimum Gasteiger partial charge on any atom is -0.415 e. The second-order valence-corrected chi connectivity index (χ2v) is 30.4. The lowest BCUT2D eigenvalue weighted by Gasteiger charge is -2.48. The molecule has 0 fully saturated rings. The Hall–Kier alpha value is -7.36. The molecule has 32 rings (SSSR count). The fourth-order valence-electron chi connectivity index (χ4n) is 25.0. The van der Waals surface area contributed by atoms with Crippen molar-refractivity contribution in [3.05, 3.63) is 22.3 Å². The highest BCUT2D eigenvalue weighted by Crippen LogP contribution is 2.84. The van der Waals surface area contributed by atoms with Crippen molar-refractivity contribution in [1.82, 2.24) is 0 Å². The van der Waals surface area contributed by atoms with Crippen molar-refractivity contribution in [3.63, 3.8) is 0 Å². The first-order valence-electron chi connectivity index (χ1n) is 25.9. The second kappa shape index (κ2) is 5.89. The van der Waals surface area contributed by atoms with Gasteiger partial charge in [-0.3, -0.25) is 0 Å². The predicted molar refractivity (Wildman–Crippen MR) is 293 cm³/mol. The summed E-state index contributed by atoms with van der Waals surface area (Å²) in [7, 11) is -2.35. The summed E-state index contributed by atoms with van der Waals surface area (Å²) in [5.41, 5.74) is 6.93. The van der Waals surface area contributed by atoms with Crippen molar-refractivity contribution in [2.75, 3.05) is 0 Å². The lowest BCUT2D eigenvalue weighted by molar-refractivity contribution is 0.226. The van der Waals surface area contributed by atoms with Gasteiger partial charge in [-0.05, 0) is 346 Å². The molecular formula is C66H16OSi. The molecule has 0 saturated heterocycles. The number of benzene rings is 18. The molecule has 4 aliphatic carbocycles. The minimum absolute atomic E-state index is 0.185. The molecule has 0 bridgehead atoms. The molecular weight excluding hydrogens is 837 g/mol. The van der Waals surface area contributed by atoms with E-state index in [1.807, 2.05) is 0 Å². The normalized spacial score (nSPS) is 21.4. The van der Waals surface area contributed by atoms with Crippen LogP contribution in [0.4, 0.5) is 0 Å². The first kappa shape index (κ1) is 26.3. The van der Waals surface area contributed by atoms with Gasteiger partial charge in [0.05, 0.1) is 0 Å². The molecule has 0 saturated carbocycles. The van der Waals surface area contributed by atoms with Crippen LogP contribution >= 0.6 is 0 Å². The Labute approximate surface area is 374 Å². The maximum absolute atomic E-state index is 7.48. The van der Waals surface area contributed by atoms with E-state index in [4.69, 9.17) is 4.43 Å². The zero-order chi connectivity index (χ0) is 41.1. The smallest absolute Gasteiger partial charge is 0.188 e.